The van der Waals surface area contributed by atoms with Gasteiger partial charge in [-0.25, -0.2) is 9.97 Å². The highest BCUT2D eigenvalue weighted by Gasteiger charge is 2.44. The van der Waals surface area contributed by atoms with Crippen molar-refractivity contribution in [2.75, 3.05) is 12.1 Å². The predicted octanol–water partition coefficient (Wildman–Crippen LogP) is -0.503. The molecule has 9 nitrogen and oxygen atoms in total. The van der Waals surface area contributed by atoms with Crippen LogP contribution < -0.4 is 5.48 Å². The maximum atomic E-state index is 10.0. The number of aromatic nitrogens is 3. The second-order valence-electron chi connectivity index (χ2n) is 4.66. The van der Waals surface area contributed by atoms with Gasteiger partial charge in [-0.3, -0.25) is 15.3 Å². The van der Waals surface area contributed by atoms with Crippen LogP contribution >= 0.6 is 11.6 Å². The number of fused-ring (bicyclic) bond motifs is 1. The molecule has 5 N–H and O–H groups in total. The summed E-state index contributed by atoms with van der Waals surface area (Å²) in [6, 6.07) is 1.39. The standard InChI is InChI=1S/C11H13ClN4O5/c12-6-1-4(15-20)7-10(14-6)16(3-13-7)11-9(19)8(18)5(2-17)21-11/h1,3,5,8-9,11,17-20H,2H2,(H,14,15)/t5-,8-,9-,11?/m1/s1. The van der Waals surface area contributed by atoms with E-state index in [1.165, 1.54) is 17.0 Å². The quantitative estimate of drug-likeness (QED) is 0.378. The van der Waals surface area contributed by atoms with Crippen molar-refractivity contribution in [2.24, 2.45) is 0 Å². The summed E-state index contributed by atoms with van der Waals surface area (Å²) < 4.78 is 6.79. The minimum Gasteiger partial charge on any atom is -0.394 e. The first-order valence-corrected chi connectivity index (χ1v) is 6.50. The maximum Gasteiger partial charge on any atom is 0.165 e. The molecule has 3 heterocycles. The molecule has 2 aromatic heterocycles. The second-order valence-corrected chi connectivity index (χ2v) is 5.04. The molecule has 1 fully saturated rings. The van der Waals surface area contributed by atoms with Crippen LogP contribution in [0.25, 0.3) is 11.2 Å². The molecule has 1 unspecified atom stereocenters. The molecule has 0 aliphatic carbocycles. The Balaban J connectivity index is 2.07. The molecule has 1 aliphatic rings. The van der Waals surface area contributed by atoms with Gasteiger partial charge in [-0.05, 0) is 0 Å². The number of aliphatic hydroxyl groups excluding tert-OH is 3. The van der Waals surface area contributed by atoms with Crippen LogP contribution in [0.1, 0.15) is 6.23 Å². The molecule has 10 heteroatoms. The first-order chi connectivity index (χ1) is 10.1. The number of anilines is 1. The Hall–Kier alpha value is -1.49. The average Bonchev–Trinajstić information content (AvgIpc) is 3.01. The van der Waals surface area contributed by atoms with Gasteiger partial charge >= 0.3 is 0 Å². The van der Waals surface area contributed by atoms with E-state index in [-0.39, 0.29) is 16.5 Å². The fourth-order valence-electron chi connectivity index (χ4n) is 2.36. The topological polar surface area (TPSA) is 133 Å². The number of nitrogens with zero attached hydrogens (tertiary/aromatic N) is 3. The van der Waals surface area contributed by atoms with E-state index < -0.39 is 31.1 Å². The fourth-order valence-corrected chi connectivity index (χ4v) is 2.55. The van der Waals surface area contributed by atoms with E-state index in [1.807, 2.05) is 5.48 Å². The van der Waals surface area contributed by atoms with Crippen LogP contribution in [0.2, 0.25) is 5.15 Å². The van der Waals surface area contributed by atoms with Crippen molar-refractivity contribution in [2.45, 2.75) is 24.5 Å². The Morgan fingerprint density at radius 1 is 1.38 bits per heavy atom. The lowest BCUT2D eigenvalue weighted by atomic mass is 10.1. The Morgan fingerprint density at radius 2 is 2.14 bits per heavy atom. The molecule has 114 valence electrons. The number of nitrogens with one attached hydrogen (secondary N) is 1. The van der Waals surface area contributed by atoms with Crippen molar-refractivity contribution in [3.63, 3.8) is 0 Å². The SMILES string of the molecule is OC[C@H]1OC(n2cnc3c(NO)cc(Cl)nc32)[C@H](O)[C@@H]1O. The highest BCUT2D eigenvalue weighted by atomic mass is 35.5. The lowest BCUT2D eigenvalue weighted by molar-refractivity contribution is -0.0511. The fraction of sp³-hybridized carbons (Fsp3) is 0.455. The van der Waals surface area contributed by atoms with Gasteiger partial charge in [0.15, 0.2) is 11.9 Å². The molecule has 0 amide bonds. The number of aliphatic hydroxyl groups is 3. The Bertz CT molecular complexity index is 665. The minimum absolute atomic E-state index is 0.104. The number of hydrogen-bond acceptors (Lipinski definition) is 8. The second kappa shape index (κ2) is 5.37. The van der Waals surface area contributed by atoms with Gasteiger partial charge in [0.25, 0.3) is 0 Å². The van der Waals surface area contributed by atoms with Gasteiger partial charge in [-0.2, -0.15) is 0 Å². The molecule has 0 radical (unpaired) electrons. The first kappa shape index (κ1) is 14.4. The highest BCUT2D eigenvalue weighted by molar-refractivity contribution is 6.30. The monoisotopic (exact) mass is 316 g/mol. The van der Waals surface area contributed by atoms with Crippen LogP contribution in [-0.4, -0.2) is 60.0 Å². The minimum atomic E-state index is -1.26. The normalized spacial score (nSPS) is 29.2. The zero-order valence-corrected chi connectivity index (χ0v) is 11.3. The van der Waals surface area contributed by atoms with Crippen LogP contribution in [0.4, 0.5) is 5.69 Å². The zero-order chi connectivity index (χ0) is 15.1. The lowest BCUT2D eigenvalue weighted by Crippen LogP contribution is -2.33. The smallest absolute Gasteiger partial charge is 0.165 e. The maximum absolute atomic E-state index is 10.0. The molecule has 0 bridgehead atoms. The van der Waals surface area contributed by atoms with Crippen LogP contribution in [0.5, 0.6) is 0 Å². The van der Waals surface area contributed by atoms with E-state index in [0.29, 0.717) is 5.52 Å². The van der Waals surface area contributed by atoms with Crippen LogP contribution in [0.15, 0.2) is 12.4 Å². The third-order valence-corrected chi connectivity index (χ3v) is 3.60. The van der Waals surface area contributed by atoms with E-state index in [4.69, 9.17) is 26.7 Å². The predicted molar refractivity (Wildman–Crippen MR) is 71.0 cm³/mol. The number of ether oxygens (including phenoxy) is 1. The van der Waals surface area contributed by atoms with Crippen molar-refractivity contribution in [3.8, 4) is 0 Å². The summed E-state index contributed by atoms with van der Waals surface area (Å²) in [4.78, 5) is 8.15. The summed E-state index contributed by atoms with van der Waals surface area (Å²) in [6.07, 6.45) is -3.02. The Labute approximate surface area is 123 Å². The van der Waals surface area contributed by atoms with E-state index in [0.717, 1.165) is 0 Å². The first-order valence-electron chi connectivity index (χ1n) is 6.12. The van der Waals surface area contributed by atoms with Crippen LogP contribution in [-0.2, 0) is 4.74 Å². The number of rotatable bonds is 3. The molecule has 0 saturated carbocycles. The lowest BCUT2D eigenvalue weighted by Gasteiger charge is -2.16. The van der Waals surface area contributed by atoms with Gasteiger partial charge in [0.2, 0.25) is 0 Å². The van der Waals surface area contributed by atoms with Crippen LogP contribution in [0, 0.1) is 0 Å². The van der Waals surface area contributed by atoms with E-state index in [2.05, 4.69) is 9.97 Å². The van der Waals surface area contributed by atoms with E-state index in [1.54, 1.807) is 0 Å². The van der Waals surface area contributed by atoms with Crippen molar-refractivity contribution in [3.05, 3.63) is 17.5 Å². The van der Waals surface area contributed by atoms with E-state index >= 15 is 0 Å². The molecule has 1 aliphatic heterocycles. The number of halogens is 1. The number of imidazole rings is 1. The third-order valence-electron chi connectivity index (χ3n) is 3.41. The molecule has 4 atom stereocenters. The van der Waals surface area contributed by atoms with Crippen molar-refractivity contribution in [1.29, 1.82) is 0 Å². The molecule has 2 aromatic rings. The third kappa shape index (κ3) is 2.24. The van der Waals surface area contributed by atoms with Crippen molar-refractivity contribution in [1.82, 2.24) is 14.5 Å². The van der Waals surface area contributed by atoms with Crippen molar-refractivity contribution >= 4 is 28.5 Å². The van der Waals surface area contributed by atoms with Crippen molar-refractivity contribution < 1.29 is 25.3 Å². The van der Waals surface area contributed by atoms with Gasteiger partial charge in [-0.1, -0.05) is 11.6 Å². The van der Waals surface area contributed by atoms with Gasteiger partial charge in [-0.15, -0.1) is 0 Å². The van der Waals surface area contributed by atoms with Gasteiger partial charge < -0.3 is 20.1 Å². The molecule has 3 rings (SSSR count). The van der Waals surface area contributed by atoms with Crippen LogP contribution in [0.3, 0.4) is 0 Å². The van der Waals surface area contributed by atoms with Gasteiger partial charge in [0.05, 0.1) is 18.6 Å². The molecule has 0 spiro atoms. The summed E-state index contributed by atoms with van der Waals surface area (Å²) in [6.45, 7) is -0.432. The largest absolute Gasteiger partial charge is 0.394 e. The number of hydrogen-bond donors (Lipinski definition) is 5. The molecular weight excluding hydrogens is 304 g/mol. The summed E-state index contributed by atoms with van der Waals surface area (Å²) >= 11 is 5.86. The summed E-state index contributed by atoms with van der Waals surface area (Å²) in [5.74, 6) is 0. The molecule has 21 heavy (non-hydrogen) atoms. The van der Waals surface area contributed by atoms with Gasteiger partial charge in [0, 0.05) is 6.07 Å². The summed E-state index contributed by atoms with van der Waals surface area (Å²) in [7, 11) is 0. The molecule has 0 aromatic carbocycles. The molecular formula is C11H13ClN4O5. The summed E-state index contributed by atoms with van der Waals surface area (Å²) in [5.41, 5.74) is 2.78. The number of pyridine rings is 1. The zero-order valence-electron chi connectivity index (χ0n) is 10.6. The Morgan fingerprint density at radius 3 is 2.76 bits per heavy atom. The molecule has 1 saturated heterocycles. The van der Waals surface area contributed by atoms with E-state index in [9.17, 15) is 10.2 Å². The average molecular weight is 317 g/mol. The highest BCUT2D eigenvalue weighted by Crippen LogP contribution is 2.33. The Kier molecular flexibility index (Phi) is 3.69. The van der Waals surface area contributed by atoms with Gasteiger partial charge in [0.1, 0.15) is 29.0 Å². The summed E-state index contributed by atoms with van der Waals surface area (Å²) in [5, 5.41) is 38.1.